The summed E-state index contributed by atoms with van der Waals surface area (Å²) in [7, 11) is 4.73. The van der Waals surface area contributed by atoms with Crippen molar-refractivity contribution in [2.24, 2.45) is 0 Å². The molecule has 0 aliphatic carbocycles. The molecule has 5 nitrogen and oxygen atoms in total. The minimum atomic E-state index is -3.04. The Morgan fingerprint density at radius 2 is 1.69 bits per heavy atom. The van der Waals surface area contributed by atoms with Crippen molar-refractivity contribution in [2.45, 2.75) is 18.1 Å². The third-order valence-electron chi connectivity index (χ3n) is 2.14. The van der Waals surface area contributed by atoms with Gasteiger partial charge < -0.3 is 0 Å². The van der Waals surface area contributed by atoms with Crippen LogP contribution in [0.4, 0.5) is 0 Å². The molecule has 94 valence electrons. The van der Waals surface area contributed by atoms with Crippen LogP contribution >= 0.6 is 0 Å². The molecule has 0 saturated heterocycles. The van der Waals surface area contributed by atoms with Crippen molar-refractivity contribution in [1.82, 2.24) is 0 Å². The zero-order chi connectivity index (χ0) is 12.6. The van der Waals surface area contributed by atoms with E-state index >= 15 is 0 Å². The van der Waals surface area contributed by atoms with E-state index in [1.807, 2.05) is 0 Å². The second-order valence-electron chi connectivity index (χ2n) is 3.32. The number of carbonyl (C=O) groups is 1. The monoisotopic (exact) mass is 268 g/mol. The molecule has 0 atom stereocenters. The number of hydrogen-bond acceptors (Lipinski definition) is 5. The summed E-state index contributed by atoms with van der Waals surface area (Å²) >= 11 is -3.04. The van der Waals surface area contributed by atoms with Gasteiger partial charge in [-0.3, -0.25) is 0 Å². The number of ether oxygens (including phenoxy) is 1. The molecule has 0 N–H and O–H groups in total. The topological polar surface area (TPSA) is 54.0 Å². The second kappa shape index (κ2) is 7.98. The van der Waals surface area contributed by atoms with Gasteiger partial charge in [-0.1, -0.05) is 0 Å². The number of esters is 1. The summed E-state index contributed by atoms with van der Waals surface area (Å²) < 4.78 is 21.4. The van der Waals surface area contributed by atoms with Crippen LogP contribution in [-0.2, 0) is 37.2 Å². The molecule has 0 fully saturated rings. The average molecular weight is 268 g/mol. The standard InChI is InChI=1S/C7H11O2.3CH3O.Ti/c1-4-5-9-7(8)6(2)3;3*1-2;/h1-2,4-5H2,3H3;3*1H3;/q;3*-1;+3. The van der Waals surface area contributed by atoms with Crippen LogP contribution in [0.5, 0.6) is 0 Å². The van der Waals surface area contributed by atoms with Gasteiger partial charge in [-0.15, -0.1) is 0 Å². The summed E-state index contributed by atoms with van der Waals surface area (Å²) in [5.41, 5.74) is 0.401. The Morgan fingerprint density at radius 1 is 1.19 bits per heavy atom. The molecular formula is C10H20O5Ti. The number of hydrogen-bond donors (Lipinski definition) is 0. The van der Waals surface area contributed by atoms with Gasteiger partial charge in [0.2, 0.25) is 0 Å². The fourth-order valence-electron chi connectivity index (χ4n) is 1.13. The molecule has 16 heavy (non-hydrogen) atoms. The van der Waals surface area contributed by atoms with Crippen molar-refractivity contribution in [1.29, 1.82) is 0 Å². The Balaban J connectivity index is 3.88. The molecule has 0 heterocycles. The average Bonchev–Trinajstić information content (AvgIpc) is 2.30. The fraction of sp³-hybridized carbons (Fsp3) is 0.700. The van der Waals surface area contributed by atoms with Crippen LogP contribution in [0.1, 0.15) is 13.3 Å². The van der Waals surface area contributed by atoms with Crippen LogP contribution in [0.3, 0.4) is 0 Å². The van der Waals surface area contributed by atoms with Gasteiger partial charge in [0, 0.05) is 0 Å². The number of carbonyl (C=O) groups excluding carboxylic acids is 1. The molecular weight excluding hydrogens is 248 g/mol. The summed E-state index contributed by atoms with van der Waals surface area (Å²) in [4.78, 5) is 11.1. The van der Waals surface area contributed by atoms with Gasteiger partial charge in [0.05, 0.1) is 0 Å². The van der Waals surface area contributed by atoms with Crippen LogP contribution in [0.2, 0.25) is 4.73 Å². The van der Waals surface area contributed by atoms with Gasteiger partial charge in [-0.25, -0.2) is 0 Å². The van der Waals surface area contributed by atoms with Crippen molar-refractivity contribution >= 4 is 5.97 Å². The van der Waals surface area contributed by atoms with Crippen LogP contribution in [0.25, 0.3) is 0 Å². The molecule has 0 amide bonds. The summed E-state index contributed by atoms with van der Waals surface area (Å²) in [6.07, 6.45) is 0.661. The summed E-state index contributed by atoms with van der Waals surface area (Å²) in [6.45, 7) is 5.44. The molecule has 0 rings (SSSR count). The summed E-state index contributed by atoms with van der Waals surface area (Å²) in [5, 5.41) is 0. The molecule has 6 heteroatoms. The molecule has 0 bridgehead atoms. The maximum absolute atomic E-state index is 11.1. The molecule has 0 radical (unpaired) electrons. The van der Waals surface area contributed by atoms with Crippen LogP contribution < -0.4 is 0 Å². The van der Waals surface area contributed by atoms with Gasteiger partial charge in [0.15, 0.2) is 0 Å². The van der Waals surface area contributed by atoms with Gasteiger partial charge in [0.25, 0.3) is 0 Å². The van der Waals surface area contributed by atoms with E-state index in [9.17, 15) is 4.79 Å². The molecule has 0 aromatic carbocycles. The predicted molar refractivity (Wildman–Crippen MR) is 56.2 cm³/mol. The van der Waals surface area contributed by atoms with Crippen LogP contribution in [0, 0.1) is 0 Å². The first kappa shape index (κ1) is 15.8. The van der Waals surface area contributed by atoms with Crippen molar-refractivity contribution in [3.05, 3.63) is 12.2 Å². The number of rotatable bonds is 8. The van der Waals surface area contributed by atoms with Crippen molar-refractivity contribution in [2.75, 3.05) is 27.9 Å². The normalized spacial score (nSPS) is 11.2. The second-order valence-corrected chi connectivity index (χ2v) is 8.14. The molecule has 0 unspecified atom stereocenters. The molecule has 0 aliphatic rings. The van der Waals surface area contributed by atoms with Gasteiger partial charge in [-0.2, -0.15) is 0 Å². The third-order valence-corrected chi connectivity index (χ3v) is 6.56. The summed E-state index contributed by atoms with van der Waals surface area (Å²) in [5.74, 6) is -0.370. The first-order chi connectivity index (χ1) is 7.51. The van der Waals surface area contributed by atoms with Gasteiger partial charge >= 0.3 is 101 Å². The SMILES string of the molecule is C=C(C)C(=O)OCC[CH2][Ti]([O]C)([O]C)[O]C. The van der Waals surface area contributed by atoms with E-state index < -0.39 is 17.8 Å². The first-order valence-electron chi connectivity index (χ1n) is 4.99. The van der Waals surface area contributed by atoms with E-state index in [0.717, 1.165) is 0 Å². The Bertz CT molecular complexity index is 229. The van der Waals surface area contributed by atoms with E-state index in [1.165, 1.54) is 0 Å². The van der Waals surface area contributed by atoms with Crippen molar-refractivity contribution < 1.29 is 37.2 Å². The quantitative estimate of drug-likeness (QED) is 0.290. The van der Waals surface area contributed by atoms with E-state index in [1.54, 1.807) is 28.3 Å². The zero-order valence-electron chi connectivity index (χ0n) is 10.4. The molecule has 0 aromatic rings. The molecule has 0 spiro atoms. The summed E-state index contributed by atoms with van der Waals surface area (Å²) in [6, 6.07) is 0. The van der Waals surface area contributed by atoms with Crippen LogP contribution in [0.15, 0.2) is 12.2 Å². The van der Waals surface area contributed by atoms with Crippen LogP contribution in [-0.4, -0.2) is 33.9 Å². The van der Waals surface area contributed by atoms with Crippen molar-refractivity contribution in [3.8, 4) is 0 Å². The molecule has 0 saturated carbocycles. The molecule has 0 aliphatic heterocycles. The predicted octanol–water partition coefficient (Wildman–Crippen LogP) is 1.75. The van der Waals surface area contributed by atoms with E-state index in [0.29, 0.717) is 23.3 Å². The van der Waals surface area contributed by atoms with Gasteiger partial charge in [0.1, 0.15) is 0 Å². The van der Waals surface area contributed by atoms with E-state index in [4.69, 9.17) is 14.7 Å². The third kappa shape index (κ3) is 5.23. The Kier molecular flexibility index (Phi) is 7.88. The Labute approximate surface area is 101 Å². The van der Waals surface area contributed by atoms with E-state index in [2.05, 4.69) is 6.58 Å². The van der Waals surface area contributed by atoms with Crippen molar-refractivity contribution in [3.63, 3.8) is 0 Å². The Morgan fingerprint density at radius 3 is 2.06 bits per heavy atom. The van der Waals surface area contributed by atoms with E-state index in [-0.39, 0.29) is 5.97 Å². The Hall–Kier alpha value is -0.196. The minimum absolute atomic E-state index is 0.328. The fourth-order valence-corrected chi connectivity index (χ4v) is 3.77. The molecule has 0 aromatic heterocycles. The first-order valence-corrected chi connectivity index (χ1v) is 8.01. The maximum atomic E-state index is 11.1. The van der Waals surface area contributed by atoms with Gasteiger partial charge in [-0.05, 0) is 0 Å². The zero-order valence-corrected chi connectivity index (χ0v) is 11.9.